The van der Waals surface area contributed by atoms with Gasteiger partial charge in [0.25, 0.3) is 0 Å². The van der Waals surface area contributed by atoms with Crippen LogP contribution in [0, 0.1) is 11.6 Å². The Labute approximate surface area is 259 Å². The quantitative estimate of drug-likeness (QED) is 0.126. The summed E-state index contributed by atoms with van der Waals surface area (Å²) in [7, 11) is 1.43. The Morgan fingerprint density at radius 3 is 2.32 bits per heavy atom. The second-order valence-electron chi connectivity index (χ2n) is 12.7. The number of piperidine rings is 1. The molecule has 1 saturated heterocycles. The van der Waals surface area contributed by atoms with E-state index in [0.29, 0.717) is 23.7 Å². The number of nitrogens with zero attached hydrogens (tertiary/aromatic N) is 5. The van der Waals surface area contributed by atoms with E-state index < -0.39 is 19.7 Å². The monoisotopic (exact) mass is 623 g/mol. The molecule has 1 aliphatic heterocycles. The number of pyridine rings is 1. The van der Waals surface area contributed by atoms with Gasteiger partial charge in [-0.25, -0.2) is 18.7 Å². The number of hydrogen-bond donors (Lipinski definition) is 0. The van der Waals surface area contributed by atoms with Crippen molar-refractivity contribution in [2.45, 2.75) is 64.5 Å². The molecule has 0 bridgehead atoms. The molecule has 0 unspecified atom stereocenters. The molecular formula is C33H43F2N5O3Si. The molecule has 0 amide bonds. The van der Waals surface area contributed by atoms with Crippen molar-refractivity contribution in [2.24, 2.45) is 0 Å². The van der Waals surface area contributed by atoms with Crippen molar-refractivity contribution < 1.29 is 23.0 Å². The normalized spacial score (nSPS) is 14.8. The number of fused-ring (bicyclic) bond motifs is 1. The van der Waals surface area contributed by atoms with Gasteiger partial charge in [-0.15, -0.1) is 0 Å². The number of aromatic nitrogens is 4. The lowest BCUT2D eigenvalue weighted by atomic mass is 9.93. The zero-order valence-corrected chi connectivity index (χ0v) is 27.6. The molecule has 1 fully saturated rings. The highest BCUT2D eigenvalue weighted by Gasteiger charge is 2.24. The van der Waals surface area contributed by atoms with Crippen LogP contribution in [-0.4, -0.2) is 73.0 Å². The number of halogens is 2. The molecule has 1 aliphatic rings. The molecule has 4 heterocycles. The number of methoxy groups -OCH3 is 2. The van der Waals surface area contributed by atoms with Gasteiger partial charge in [0.2, 0.25) is 0 Å². The summed E-state index contributed by atoms with van der Waals surface area (Å²) in [6, 6.07) is 4.24. The molecule has 8 nitrogen and oxygen atoms in total. The fourth-order valence-electron chi connectivity index (χ4n) is 5.71. The largest absolute Gasteiger partial charge is 0.494 e. The lowest BCUT2D eigenvalue weighted by molar-refractivity contribution is 0.0898. The zero-order chi connectivity index (χ0) is 31.4. The molecule has 44 heavy (non-hydrogen) atoms. The summed E-state index contributed by atoms with van der Waals surface area (Å²) < 4.78 is 49.2. The van der Waals surface area contributed by atoms with Crippen LogP contribution in [0.2, 0.25) is 25.7 Å². The van der Waals surface area contributed by atoms with Crippen LogP contribution in [0.4, 0.5) is 8.78 Å². The Morgan fingerprint density at radius 2 is 1.68 bits per heavy atom. The van der Waals surface area contributed by atoms with E-state index in [1.165, 1.54) is 20.3 Å². The smallest absolute Gasteiger partial charge is 0.171 e. The van der Waals surface area contributed by atoms with Gasteiger partial charge >= 0.3 is 0 Å². The third-order valence-electron chi connectivity index (χ3n) is 8.46. The van der Waals surface area contributed by atoms with Crippen molar-refractivity contribution in [3.05, 3.63) is 65.4 Å². The Kier molecular flexibility index (Phi) is 9.96. The van der Waals surface area contributed by atoms with Crippen LogP contribution in [0.25, 0.3) is 22.3 Å². The predicted molar refractivity (Wildman–Crippen MR) is 171 cm³/mol. The predicted octanol–water partition coefficient (Wildman–Crippen LogP) is 6.89. The molecule has 0 atom stereocenters. The fourth-order valence-corrected chi connectivity index (χ4v) is 6.46. The van der Waals surface area contributed by atoms with Crippen LogP contribution in [0.1, 0.15) is 42.5 Å². The zero-order valence-electron chi connectivity index (χ0n) is 26.6. The first-order valence-electron chi connectivity index (χ1n) is 15.3. The van der Waals surface area contributed by atoms with Crippen molar-refractivity contribution in [1.29, 1.82) is 0 Å². The lowest BCUT2D eigenvalue weighted by Gasteiger charge is -2.30. The summed E-state index contributed by atoms with van der Waals surface area (Å²) in [5.41, 5.74) is 3.74. The first-order valence-corrected chi connectivity index (χ1v) is 19.0. The van der Waals surface area contributed by atoms with E-state index in [1.54, 1.807) is 12.4 Å². The van der Waals surface area contributed by atoms with Crippen LogP contribution < -0.4 is 9.47 Å². The van der Waals surface area contributed by atoms with E-state index in [9.17, 15) is 0 Å². The van der Waals surface area contributed by atoms with Gasteiger partial charge in [-0.1, -0.05) is 26.6 Å². The van der Waals surface area contributed by atoms with E-state index in [0.717, 1.165) is 60.9 Å². The van der Waals surface area contributed by atoms with Gasteiger partial charge in [-0.3, -0.25) is 4.98 Å². The highest BCUT2D eigenvalue weighted by molar-refractivity contribution is 6.76. The molecule has 3 aromatic heterocycles. The minimum Gasteiger partial charge on any atom is -0.494 e. The molecule has 4 aromatic rings. The summed E-state index contributed by atoms with van der Waals surface area (Å²) in [6.45, 7) is 13.2. The van der Waals surface area contributed by atoms with E-state index in [4.69, 9.17) is 24.2 Å². The molecule has 1 aromatic carbocycles. The molecule has 11 heteroatoms. The van der Waals surface area contributed by atoms with E-state index in [2.05, 4.69) is 36.4 Å². The number of likely N-dealkylation sites (tertiary alicyclic amines) is 1. The van der Waals surface area contributed by atoms with Crippen LogP contribution >= 0.6 is 0 Å². The summed E-state index contributed by atoms with van der Waals surface area (Å²) in [5, 5.41) is 0.764. The van der Waals surface area contributed by atoms with Crippen molar-refractivity contribution in [3.63, 3.8) is 0 Å². The van der Waals surface area contributed by atoms with Gasteiger partial charge in [0.15, 0.2) is 23.1 Å². The SMILES string of the molecule is CCN1CCC(c2cncc(-c3cnc4c(c3)c(Cc3c(F)c(OC)cc(OC)c3F)cn4COCC[Si](C)(C)C)n2)CC1. The Morgan fingerprint density at radius 1 is 0.977 bits per heavy atom. The summed E-state index contributed by atoms with van der Waals surface area (Å²) >= 11 is 0. The Bertz CT molecular complexity index is 1570. The maximum Gasteiger partial charge on any atom is 0.171 e. The number of hydrogen-bond acceptors (Lipinski definition) is 7. The van der Waals surface area contributed by atoms with Crippen molar-refractivity contribution in [3.8, 4) is 22.8 Å². The fraction of sp³-hybridized carbons (Fsp3) is 0.485. The third kappa shape index (κ3) is 7.11. The maximum atomic E-state index is 15.4. The molecule has 0 N–H and O–H groups in total. The topological polar surface area (TPSA) is 74.5 Å². The number of rotatable bonds is 12. The minimum absolute atomic E-state index is 0.0313. The van der Waals surface area contributed by atoms with Crippen LogP contribution in [0.5, 0.6) is 11.5 Å². The molecule has 0 spiro atoms. The van der Waals surface area contributed by atoms with E-state index >= 15 is 8.78 Å². The second-order valence-corrected chi connectivity index (χ2v) is 18.3. The van der Waals surface area contributed by atoms with Gasteiger partial charge in [0.05, 0.1) is 31.8 Å². The van der Waals surface area contributed by atoms with Crippen LogP contribution in [0.3, 0.4) is 0 Å². The van der Waals surface area contributed by atoms with Crippen molar-refractivity contribution in [1.82, 2.24) is 24.4 Å². The first-order chi connectivity index (χ1) is 21.1. The third-order valence-corrected chi connectivity index (χ3v) is 10.2. The standard InChI is InChI=1S/C33H43F2N5O3Si/c1-7-39-10-8-22(9-11-39)27-18-36-19-28(38-27)23-14-25-24(15-26-31(34)29(41-2)16-30(42-3)32(26)35)20-40(33(25)37-17-23)21-43-12-13-44(4,5)6/h14,16-20,22H,7-13,15,21H2,1-6H3. The average Bonchev–Trinajstić information content (AvgIpc) is 3.37. The van der Waals surface area contributed by atoms with Crippen LogP contribution in [0.15, 0.2) is 36.9 Å². The molecule has 236 valence electrons. The van der Waals surface area contributed by atoms with E-state index in [-0.39, 0.29) is 30.2 Å². The Balaban J connectivity index is 1.52. The number of benzene rings is 1. The first kappa shape index (κ1) is 32.0. The summed E-state index contributed by atoms with van der Waals surface area (Å²) in [4.78, 5) is 16.8. The van der Waals surface area contributed by atoms with E-state index in [1.807, 2.05) is 23.0 Å². The highest BCUT2D eigenvalue weighted by atomic mass is 28.3. The average molecular weight is 624 g/mol. The van der Waals surface area contributed by atoms with Crippen molar-refractivity contribution in [2.75, 3.05) is 40.5 Å². The van der Waals surface area contributed by atoms with Gasteiger partial charge in [-0.05, 0) is 50.1 Å². The van der Waals surface area contributed by atoms with Crippen LogP contribution in [-0.2, 0) is 17.9 Å². The minimum atomic E-state index is -1.27. The van der Waals surface area contributed by atoms with Gasteiger partial charge in [0.1, 0.15) is 12.4 Å². The van der Waals surface area contributed by atoms with Gasteiger partial charge in [0, 0.05) is 68.2 Å². The maximum absolute atomic E-state index is 15.4. The second kappa shape index (κ2) is 13.7. The number of ether oxygens (including phenoxy) is 3. The highest BCUT2D eigenvalue weighted by Crippen LogP contribution is 2.35. The summed E-state index contributed by atoms with van der Waals surface area (Å²) in [6.07, 6.45) is 9.33. The summed E-state index contributed by atoms with van der Waals surface area (Å²) in [5.74, 6) is -1.30. The molecular weight excluding hydrogens is 580 g/mol. The van der Waals surface area contributed by atoms with Gasteiger partial charge < -0.3 is 23.7 Å². The molecule has 0 aliphatic carbocycles. The lowest BCUT2D eigenvalue weighted by Crippen LogP contribution is -2.32. The molecule has 0 saturated carbocycles. The van der Waals surface area contributed by atoms with Crippen molar-refractivity contribution >= 4 is 19.1 Å². The molecule has 0 radical (unpaired) electrons. The molecule has 5 rings (SSSR count). The van der Waals surface area contributed by atoms with Gasteiger partial charge in [-0.2, -0.15) is 0 Å². The Hall–Kier alpha value is -3.41.